The molecule has 0 aliphatic carbocycles. The molecular formula is C13H13N3O. The predicted octanol–water partition coefficient (Wildman–Crippen LogP) is 1.79. The highest BCUT2D eigenvalue weighted by molar-refractivity contribution is 5.98. The van der Waals surface area contributed by atoms with Gasteiger partial charge in [0.25, 0.3) is 5.91 Å². The predicted molar refractivity (Wildman–Crippen MR) is 66.5 cm³/mol. The lowest BCUT2D eigenvalue weighted by molar-refractivity contribution is 0.100. The normalized spacial score (nSPS) is 9.88. The summed E-state index contributed by atoms with van der Waals surface area (Å²) in [7, 11) is 0. The molecule has 0 atom stereocenters. The lowest BCUT2D eigenvalue weighted by Gasteiger charge is -2.09. The standard InChI is InChI=1S/C13H13N3O/c14-13(17)11-6-1-2-7-12(11)16-9-10-5-3-4-8-15-10/h1-8,16H,9H2,(H2,14,17). The van der Waals surface area contributed by atoms with Gasteiger partial charge in [0, 0.05) is 11.9 Å². The number of carbonyl (C=O) groups excluding carboxylic acids is 1. The van der Waals surface area contributed by atoms with Gasteiger partial charge in [-0.3, -0.25) is 9.78 Å². The van der Waals surface area contributed by atoms with E-state index in [1.165, 1.54) is 0 Å². The Kier molecular flexibility index (Phi) is 3.35. The van der Waals surface area contributed by atoms with Crippen molar-refractivity contribution in [2.24, 2.45) is 5.73 Å². The molecule has 4 nitrogen and oxygen atoms in total. The van der Waals surface area contributed by atoms with Gasteiger partial charge in [0.1, 0.15) is 0 Å². The number of primary amides is 1. The number of nitrogens with two attached hydrogens (primary N) is 1. The van der Waals surface area contributed by atoms with E-state index >= 15 is 0 Å². The van der Waals surface area contributed by atoms with Crippen LogP contribution in [0.3, 0.4) is 0 Å². The van der Waals surface area contributed by atoms with Gasteiger partial charge in [-0.25, -0.2) is 0 Å². The van der Waals surface area contributed by atoms with Crippen LogP contribution in [0.4, 0.5) is 5.69 Å². The Morgan fingerprint density at radius 1 is 1.18 bits per heavy atom. The summed E-state index contributed by atoms with van der Waals surface area (Å²) >= 11 is 0. The zero-order chi connectivity index (χ0) is 12.1. The Balaban J connectivity index is 2.12. The quantitative estimate of drug-likeness (QED) is 0.836. The molecule has 0 unspecified atom stereocenters. The molecule has 0 radical (unpaired) electrons. The van der Waals surface area contributed by atoms with E-state index in [1.807, 2.05) is 30.3 Å². The van der Waals surface area contributed by atoms with Gasteiger partial charge >= 0.3 is 0 Å². The van der Waals surface area contributed by atoms with E-state index < -0.39 is 5.91 Å². The molecule has 4 heteroatoms. The molecular weight excluding hydrogens is 214 g/mol. The fourth-order valence-electron chi connectivity index (χ4n) is 1.54. The number of benzene rings is 1. The first kappa shape index (κ1) is 11.1. The molecule has 0 aliphatic heterocycles. The van der Waals surface area contributed by atoms with E-state index in [1.54, 1.807) is 18.3 Å². The van der Waals surface area contributed by atoms with Crippen LogP contribution in [0.5, 0.6) is 0 Å². The molecule has 2 rings (SSSR count). The lowest BCUT2D eigenvalue weighted by Crippen LogP contribution is -2.14. The summed E-state index contributed by atoms with van der Waals surface area (Å²) in [5.41, 5.74) is 7.41. The third-order valence-electron chi connectivity index (χ3n) is 2.38. The van der Waals surface area contributed by atoms with Crippen LogP contribution in [0, 0.1) is 0 Å². The number of amides is 1. The molecule has 0 fully saturated rings. The van der Waals surface area contributed by atoms with E-state index in [9.17, 15) is 4.79 Å². The van der Waals surface area contributed by atoms with Crippen LogP contribution >= 0.6 is 0 Å². The molecule has 0 bridgehead atoms. The van der Waals surface area contributed by atoms with Crippen LogP contribution in [0.1, 0.15) is 16.1 Å². The highest BCUT2D eigenvalue weighted by atomic mass is 16.1. The average molecular weight is 227 g/mol. The van der Waals surface area contributed by atoms with Gasteiger partial charge in [0.2, 0.25) is 0 Å². The third-order valence-corrected chi connectivity index (χ3v) is 2.38. The number of anilines is 1. The van der Waals surface area contributed by atoms with Crippen LogP contribution in [0.25, 0.3) is 0 Å². The molecule has 17 heavy (non-hydrogen) atoms. The van der Waals surface area contributed by atoms with E-state index in [2.05, 4.69) is 10.3 Å². The number of hydrogen-bond donors (Lipinski definition) is 2. The molecule has 86 valence electrons. The van der Waals surface area contributed by atoms with Crippen molar-refractivity contribution in [1.82, 2.24) is 4.98 Å². The Bertz CT molecular complexity index is 511. The molecule has 1 amide bonds. The highest BCUT2D eigenvalue weighted by Gasteiger charge is 2.06. The number of nitrogens with zero attached hydrogens (tertiary/aromatic N) is 1. The minimum atomic E-state index is -0.436. The first-order valence-electron chi connectivity index (χ1n) is 5.30. The van der Waals surface area contributed by atoms with Crippen LogP contribution in [0.2, 0.25) is 0 Å². The number of nitrogens with one attached hydrogen (secondary N) is 1. The van der Waals surface area contributed by atoms with Crippen molar-refractivity contribution in [3.8, 4) is 0 Å². The van der Waals surface area contributed by atoms with Crippen molar-refractivity contribution in [3.63, 3.8) is 0 Å². The van der Waals surface area contributed by atoms with Gasteiger partial charge in [-0.15, -0.1) is 0 Å². The number of pyridine rings is 1. The minimum Gasteiger partial charge on any atom is -0.379 e. The van der Waals surface area contributed by atoms with Gasteiger partial charge in [-0.1, -0.05) is 18.2 Å². The SMILES string of the molecule is NC(=O)c1ccccc1NCc1ccccn1. The molecule has 0 saturated carbocycles. The van der Waals surface area contributed by atoms with Gasteiger partial charge in [0.15, 0.2) is 0 Å². The summed E-state index contributed by atoms with van der Waals surface area (Å²) in [6.45, 7) is 0.561. The summed E-state index contributed by atoms with van der Waals surface area (Å²) < 4.78 is 0. The maximum Gasteiger partial charge on any atom is 0.250 e. The highest BCUT2D eigenvalue weighted by Crippen LogP contribution is 2.14. The van der Waals surface area contributed by atoms with E-state index in [-0.39, 0.29) is 0 Å². The Hall–Kier alpha value is -2.36. The number of hydrogen-bond acceptors (Lipinski definition) is 3. The second kappa shape index (κ2) is 5.12. The molecule has 1 aromatic carbocycles. The summed E-state index contributed by atoms with van der Waals surface area (Å²) in [6.07, 6.45) is 1.73. The fourth-order valence-corrected chi connectivity index (χ4v) is 1.54. The molecule has 1 heterocycles. The zero-order valence-electron chi connectivity index (χ0n) is 9.26. The van der Waals surface area contributed by atoms with Crippen LogP contribution < -0.4 is 11.1 Å². The number of aromatic nitrogens is 1. The minimum absolute atomic E-state index is 0.436. The first-order chi connectivity index (χ1) is 8.27. The summed E-state index contributed by atoms with van der Waals surface area (Å²) in [6, 6.07) is 12.9. The van der Waals surface area contributed by atoms with Crippen LogP contribution in [-0.2, 0) is 6.54 Å². The second-order valence-electron chi connectivity index (χ2n) is 3.58. The van der Waals surface area contributed by atoms with Crippen molar-refractivity contribution in [3.05, 3.63) is 59.9 Å². The molecule has 3 N–H and O–H groups in total. The lowest BCUT2D eigenvalue weighted by atomic mass is 10.1. The fraction of sp³-hybridized carbons (Fsp3) is 0.0769. The molecule has 0 saturated heterocycles. The molecule has 1 aromatic heterocycles. The third kappa shape index (κ3) is 2.81. The Morgan fingerprint density at radius 2 is 1.94 bits per heavy atom. The van der Waals surface area contributed by atoms with Crippen molar-refractivity contribution < 1.29 is 4.79 Å². The van der Waals surface area contributed by atoms with E-state index in [0.29, 0.717) is 12.1 Å². The van der Waals surface area contributed by atoms with Gasteiger partial charge < -0.3 is 11.1 Å². The van der Waals surface area contributed by atoms with Gasteiger partial charge in [-0.05, 0) is 24.3 Å². The van der Waals surface area contributed by atoms with Crippen molar-refractivity contribution in [2.45, 2.75) is 6.54 Å². The van der Waals surface area contributed by atoms with E-state index in [0.717, 1.165) is 11.4 Å². The maximum atomic E-state index is 11.2. The summed E-state index contributed by atoms with van der Waals surface area (Å²) in [4.78, 5) is 15.4. The summed E-state index contributed by atoms with van der Waals surface area (Å²) in [5, 5.41) is 3.15. The van der Waals surface area contributed by atoms with E-state index in [4.69, 9.17) is 5.73 Å². The van der Waals surface area contributed by atoms with Gasteiger partial charge in [-0.2, -0.15) is 0 Å². The summed E-state index contributed by atoms with van der Waals surface area (Å²) in [5.74, 6) is -0.436. The molecule has 0 spiro atoms. The van der Waals surface area contributed by atoms with Crippen LogP contribution in [0.15, 0.2) is 48.7 Å². The average Bonchev–Trinajstić information content (AvgIpc) is 2.38. The van der Waals surface area contributed by atoms with Crippen molar-refractivity contribution >= 4 is 11.6 Å². The Labute approximate surface area is 99.5 Å². The number of rotatable bonds is 4. The van der Waals surface area contributed by atoms with Crippen molar-refractivity contribution in [1.29, 1.82) is 0 Å². The largest absolute Gasteiger partial charge is 0.379 e. The van der Waals surface area contributed by atoms with Gasteiger partial charge in [0.05, 0.1) is 17.8 Å². The number of carbonyl (C=O) groups is 1. The number of para-hydroxylation sites is 1. The molecule has 0 aliphatic rings. The zero-order valence-corrected chi connectivity index (χ0v) is 9.26. The Morgan fingerprint density at radius 3 is 2.65 bits per heavy atom. The van der Waals surface area contributed by atoms with Crippen molar-refractivity contribution in [2.75, 3.05) is 5.32 Å². The first-order valence-corrected chi connectivity index (χ1v) is 5.30. The topological polar surface area (TPSA) is 68.0 Å². The molecule has 2 aromatic rings. The van der Waals surface area contributed by atoms with Crippen LogP contribution in [-0.4, -0.2) is 10.9 Å². The maximum absolute atomic E-state index is 11.2. The smallest absolute Gasteiger partial charge is 0.250 e. The monoisotopic (exact) mass is 227 g/mol. The second-order valence-corrected chi connectivity index (χ2v) is 3.58.